The number of ether oxygens (including phenoxy) is 1. The van der Waals surface area contributed by atoms with E-state index >= 15 is 0 Å². The van der Waals surface area contributed by atoms with Gasteiger partial charge in [-0.2, -0.15) is 0 Å². The number of hydrogen-bond acceptors (Lipinski definition) is 3. The van der Waals surface area contributed by atoms with Gasteiger partial charge in [-0.25, -0.2) is 0 Å². The fraction of sp³-hybridized carbons (Fsp3) is 0.643. The molecule has 2 rings (SSSR count). The van der Waals surface area contributed by atoms with Gasteiger partial charge in [-0.1, -0.05) is 13.0 Å². The molecule has 0 saturated heterocycles. The van der Waals surface area contributed by atoms with E-state index in [1.807, 2.05) is 25.6 Å². The number of rotatable bonds is 6. The van der Waals surface area contributed by atoms with E-state index in [0.29, 0.717) is 6.04 Å². The van der Waals surface area contributed by atoms with E-state index in [1.54, 1.807) is 0 Å². The van der Waals surface area contributed by atoms with Crippen molar-refractivity contribution in [2.24, 2.45) is 0 Å². The van der Waals surface area contributed by atoms with E-state index in [0.717, 1.165) is 13.0 Å². The first kappa shape index (κ1) is 12.5. The van der Waals surface area contributed by atoms with E-state index in [-0.39, 0.29) is 5.60 Å². The minimum Gasteiger partial charge on any atom is -0.377 e. The van der Waals surface area contributed by atoms with E-state index in [4.69, 9.17) is 4.74 Å². The average Bonchev–Trinajstić information content (AvgIpc) is 2.30. The van der Waals surface area contributed by atoms with E-state index in [1.165, 1.54) is 24.8 Å². The standard InChI is InChI=1S/C14H22N2O/c1-3-16-13(14(17-2)7-5-8-14)10-12-6-4-9-15-11-12/h4,6,9,11,13,16H,3,5,7-8,10H2,1-2H3. The molecule has 0 amide bonds. The third-order valence-corrected chi connectivity index (χ3v) is 3.85. The first-order chi connectivity index (χ1) is 8.30. The fourth-order valence-electron chi connectivity index (χ4n) is 2.67. The molecule has 17 heavy (non-hydrogen) atoms. The lowest BCUT2D eigenvalue weighted by molar-refractivity contribution is -0.0978. The normalized spacial score (nSPS) is 19.6. The molecule has 1 saturated carbocycles. The zero-order valence-corrected chi connectivity index (χ0v) is 10.8. The van der Waals surface area contributed by atoms with Crippen LogP contribution in [0, 0.1) is 0 Å². The van der Waals surface area contributed by atoms with Crippen LogP contribution in [0.4, 0.5) is 0 Å². The van der Waals surface area contributed by atoms with Crippen molar-refractivity contribution in [2.45, 2.75) is 44.2 Å². The van der Waals surface area contributed by atoms with Crippen LogP contribution < -0.4 is 5.32 Å². The van der Waals surface area contributed by atoms with Crippen LogP contribution in [-0.2, 0) is 11.2 Å². The highest BCUT2D eigenvalue weighted by atomic mass is 16.5. The zero-order valence-electron chi connectivity index (χ0n) is 10.8. The topological polar surface area (TPSA) is 34.2 Å². The van der Waals surface area contributed by atoms with Crippen LogP contribution >= 0.6 is 0 Å². The van der Waals surface area contributed by atoms with Crippen LogP contribution in [0.15, 0.2) is 24.5 Å². The molecule has 3 heteroatoms. The summed E-state index contributed by atoms with van der Waals surface area (Å²) in [6.07, 6.45) is 8.38. The predicted molar refractivity (Wildman–Crippen MR) is 69.0 cm³/mol. The molecule has 1 atom stereocenters. The average molecular weight is 234 g/mol. The Morgan fingerprint density at radius 2 is 2.35 bits per heavy atom. The van der Waals surface area contributed by atoms with Crippen molar-refractivity contribution in [3.63, 3.8) is 0 Å². The van der Waals surface area contributed by atoms with Crippen molar-refractivity contribution < 1.29 is 4.74 Å². The third-order valence-electron chi connectivity index (χ3n) is 3.85. The molecule has 1 unspecified atom stereocenters. The second kappa shape index (κ2) is 5.61. The number of hydrogen-bond donors (Lipinski definition) is 1. The Labute approximate surface area is 104 Å². The lowest BCUT2D eigenvalue weighted by atomic mass is 9.72. The zero-order chi connectivity index (χ0) is 12.1. The first-order valence-corrected chi connectivity index (χ1v) is 6.48. The Bertz CT molecular complexity index is 330. The summed E-state index contributed by atoms with van der Waals surface area (Å²) in [4.78, 5) is 4.18. The summed E-state index contributed by atoms with van der Waals surface area (Å²) >= 11 is 0. The second-order valence-electron chi connectivity index (χ2n) is 4.80. The van der Waals surface area contributed by atoms with Crippen molar-refractivity contribution >= 4 is 0 Å². The minimum atomic E-state index is 0.0475. The maximum absolute atomic E-state index is 5.78. The Hall–Kier alpha value is -0.930. The molecule has 0 aromatic carbocycles. The number of nitrogens with zero attached hydrogens (tertiary/aromatic N) is 1. The molecule has 1 aliphatic rings. The monoisotopic (exact) mass is 234 g/mol. The van der Waals surface area contributed by atoms with Gasteiger partial charge in [0.25, 0.3) is 0 Å². The largest absolute Gasteiger partial charge is 0.377 e. The molecule has 1 aromatic rings. The van der Waals surface area contributed by atoms with Crippen LogP contribution in [-0.4, -0.2) is 30.3 Å². The Morgan fingerprint density at radius 3 is 2.82 bits per heavy atom. The maximum atomic E-state index is 5.78. The van der Waals surface area contributed by atoms with E-state index in [2.05, 4.69) is 23.3 Å². The maximum Gasteiger partial charge on any atom is 0.0834 e. The molecule has 1 N–H and O–H groups in total. The molecule has 3 nitrogen and oxygen atoms in total. The second-order valence-corrected chi connectivity index (χ2v) is 4.80. The lowest BCUT2D eigenvalue weighted by Gasteiger charge is -2.47. The molecule has 94 valence electrons. The highest BCUT2D eigenvalue weighted by Crippen LogP contribution is 2.39. The van der Waals surface area contributed by atoms with Gasteiger partial charge in [0.1, 0.15) is 0 Å². The first-order valence-electron chi connectivity index (χ1n) is 6.48. The SMILES string of the molecule is CCNC(Cc1cccnc1)C1(OC)CCC1. The molecule has 1 aromatic heterocycles. The van der Waals surface area contributed by atoms with Gasteiger partial charge < -0.3 is 10.1 Å². The number of aromatic nitrogens is 1. The van der Waals surface area contributed by atoms with Gasteiger partial charge in [0.2, 0.25) is 0 Å². The summed E-state index contributed by atoms with van der Waals surface area (Å²) in [5.41, 5.74) is 1.33. The van der Waals surface area contributed by atoms with Crippen molar-refractivity contribution in [2.75, 3.05) is 13.7 Å². The molecule has 0 aliphatic heterocycles. The minimum absolute atomic E-state index is 0.0475. The summed E-state index contributed by atoms with van der Waals surface area (Å²) in [5.74, 6) is 0. The van der Waals surface area contributed by atoms with Crippen molar-refractivity contribution in [3.8, 4) is 0 Å². The Morgan fingerprint density at radius 1 is 1.53 bits per heavy atom. The molecule has 1 fully saturated rings. The van der Waals surface area contributed by atoms with Gasteiger partial charge in [0.15, 0.2) is 0 Å². The summed E-state index contributed by atoms with van der Waals surface area (Å²) < 4.78 is 5.78. The van der Waals surface area contributed by atoms with Crippen LogP contribution in [0.3, 0.4) is 0 Å². The van der Waals surface area contributed by atoms with Crippen LogP contribution in [0.2, 0.25) is 0 Å². The van der Waals surface area contributed by atoms with Crippen LogP contribution in [0.25, 0.3) is 0 Å². The predicted octanol–water partition coefficient (Wildman–Crippen LogP) is 2.17. The van der Waals surface area contributed by atoms with Crippen molar-refractivity contribution in [1.82, 2.24) is 10.3 Å². The molecule has 1 aliphatic carbocycles. The van der Waals surface area contributed by atoms with Gasteiger partial charge in [0, 0.05) is 25.5 Å². The molecule has 0 bridgehead atoms. The van der Waals surface area contributed by atoms with Crippen LogP contribution in [0.1, 0.15) is 31.7 Å². The molecule has 0 radical (unpaired) electrons. The quantitative estimate of drug-likeness (QED) is 0.819. The molecule has 0 spiro atoms. The summed E-state index contributed by atoms with van der Waals surface area (Å²) in [7, 11) is 1.84. The van der Waals surface area contributed by atoms with Gasteiger partial charge in [-0.05, 0) is 43.9 Å². The summed E-state index contributed by atoms with van der Waals surface area (Å²) in [6.45, 7) is 3.13. The van der Waals surface area contributed by atoms with Crippen LogP contribution in [0.5, 0.6) is 0 Å². The molecular formula is C14H22N2O. The third kappa shape index (κ3) is 2.67. The Balaban J connectivity index is 2.07. The number of methoxy groups -OCH3 is 1. The van der Waals surface area contributed by atoms with Gasteiger partial charge in [-0.3, -0.25) is 4.98 Å². The van der Waals surface area contributed by atoms with E-state index in [9.17, 15) is 0 Å². The summed E-state index contributed by atoms with van der Waals surface area (Å²) in [6, 6.07) is 4.54. The highest BCUT2D eigenvalue weighted by molar-refractivity contribution is 5.13. The number of pyridine rings is 1. The molecular weight excluding hydrogens is 212 g/mol. The molecule has 1 heterocycles. The fourth-order valence-corrected chi connectivity index (χ4v) is 2.67. The smallest absolute Gasteiger partial charge is 0.0834 e. The number of nitrogens with one attached hydrogen (secondary N) is 1. The van der Waals surface area contributed by atoms with Gasteiger partial charge in [-0.15, -0.1) is 0 Å². The number of likely N-dealkylation sites (N-methyl/N-ethyl adjacent to an activating group) is 1. The van der Waals surface area contributed by atoms with Gasteiger partial charge in [0.05, 0.1) is 5.60 Å². The highest BCUT2D eigenvalue weighted by Gasteiger charge is 2.43. The van der Waals surface area contributed by atoms with Crippen molar-refractivity contribution in [3.05, 3.63) is 30.1 Å². The summed E-state index contributed by atoms with van der Waals surface area (Å²) in [5, 5.41) is 3.57. The van der Waals surface area contributed by atoms with Gasteiger partial charge >= 0.3 is 0 Å². The Kier molecular flexibility index (Phi) is 4.13. The van der Waals surface area contributed by atoms with E-state index < -0.39 is 0 Å². The lowest BCUT2D eigenvalue weighted by Crippen LogP contribution is -2.57. The van der Waals surface area contributed by atoms with Crippen molar-refractivity contribution in [1.29, 1.82) is 0 Å².